The molecule has 0 fully saturated rings. The molecule has 0 amide bonds. The van der Waals surface area contributed by atoms with Crippen molar-refractivity contribution < 1.29 is 27.8 Å². The maximum absolute atomic E-state index is 15.8. The van der Waals surface area contributed by atoms with Crippen molar-refractivity contribution in [3.8, 4) is 5.69 Å². The maximum atomic E-state index is 15.8. The summed E-state index contributed by atoms with van der Waals surface area (Å²) in [6.45, 7) is 5.50. The average Bonchev–Trinajstić information content (AvgIpc) is 3.33. The van der Waals surface area contributed by atoms with E-state index in [2.05, 4.69) is 10.2 Å². The molecule has 1 atom stereocenters. The number of carboxylic acid groups (broad SMARTS) is 1. The Labute approximate surface area is 188 Å². The zero-order valence-corrected chi connectivity index (χ0v) is 18.7. The number of aryl methyl sites for hydroxylation is 1. The average molecular weight is 459 g/mol. The van der Waals surface area contributed by atoms with E-state index in [1.807, 2.05) is 13.8 Å². The molecular weight excluding hydrogens is 435 g/mol. The number of nitrogens with one attached hydrogen (secondary N) is 1. The molecule has 2 N–H and O–H groups in total. The predicted octanol–water partition coefficient (Wildman–Crippen LogP) is 4.98. The number of halogens is 3. The molecular formula is C24H24F3N3O3. The fourth-order valence-electron chi connectivity index (χ4n) is 4.52. The molecule has 0 bridgehead atoms. The van der Waals surface area contributed by atoms with Crippen LogP contribution in [0.2, 0.25) is 0 Å². The minimum Gasteiger partial charge on any atom is -0.479 e. The van der Waals surface area contributed by atoms with Crippen LogP contribution in [0.1, 0.15) is 30.7 Å². The van der Waals surface area contributed by atoms with Crippen molar-refractivity contribution in [2.75, 3.05) is 13.7 Å². The largest absolute Gasteiger partial charge is 0.479 e. The number of alkyl halides is 1. The quantitative estimate of drug-likeness (QED) is 0.408. The van der Waals surface area contributed by atoms with Crippen LogP contribution in [0.25, 0.3) is 27.5 Å². The van der Waals surface area contributed by atoms with Gasteiger partial charge in [0, 0.05) is 41.1 Å². The van der Waals surface area contributed by atoms with E-state index in [4.69, 9.17) is 4.74 Å². The lowest BCUT2D eigenvalue weighted by Gasteiger charge is -2.28. The van der Waals surface area contributed by atoms with Gasteiger partial charge in [-0.05, 0) is 42.3 Å². The van der Waals surface area contributed by atoms with E-state index in [9.17, 15) is 18.7 Å². The first-order valence-corrected chi connectivity index (χ1v) is 10.4. The molecule has 4 rings (SSSR count). The normalized spacial score (nSPS) is 13.2. The molecule has 174 valence electrons. The number of hydrogen-bond donors (Lipinski definition) is 2. The van der Waals surface area contributed by atoms with Gasteiger partial charge in [0.15, 0.2) is 5.82 Å². The molecule has 2 aromatic heterocycles. The maximum Gasteiger partial charge on any atom is 0.338 e. The molecule has 6 nitrogen and oxygen atoms in total. The van der Waals surface area contributed by atoms with Gasteiger partial charge in [-0.25, -0.2) is 18.0 Å². The molecule has 2 aromatic carbocycles. The third-order valence-electron chi connectivity index (χ3n) is 5.91. The van der Waals surface area contributed by atoms with E-state index >= 15 is 4.39 Å². The van der Waals surface area contributed by atoms with Gasteiger partial charge < -0.3 is 14.4 Å². The summed E-state index contributed by atoms with van der Waals surface area (Å²) in [4.78, 5) is 11.4. The molecule has 9 heteroatoms. The van der Waals surface area contributed by atoms with E-state index in [0.717, 1.165) is 0 Å². The number of benzene rings is 2. The summed E-state index contributed by atoms with van der Waals surface area (Å²) < 4.78 is 51.6. The van der Waals surface area contributed by atoms with Gasteiger partial charge in [-0.2, -0.15) is 5.10 Å². The number of carboxylic acids is 1. The van der Waals surface area contributed by atoms with Crippen LogP contribution >= 0.6 is 0 Å². The van der Waals surface area contributed by atoms with E-state index in [-0.39, 0.29) is 23.1 Å². The SMILES string of the molecule is COCC(C)(C)c1c(C[C@@H](F)C(=O)O)c2c(F)c3[nH]ncc3cc2n1-c1ccc(F)c(C)c1. The molecule has 0 aliphatic rings. The van der Waals surface area contributed by atoms with Crippen molar-refractivity contribution in [1.82, 2.24) is 14.8 Å². The monoisotopic (exact) mass is 459 g/mol. The van der Waals surface area contributed by atoms with Crippen molar-refractivity contribution in [3.63, 3.8) is 0 Å². The number of aromatic nitrogens is 3. The highest BCUT2D eigenvalue weighted by molar-refractivity contribution is 6.00. The fourth-order valence-corrected chi connectivity index (χ4v) is 4.52. The van der Waals surface area contributed by atoms with Gasteiger partial charge in [0.05, 0.1) is 18.3 Å². The second-order valence-corrected chi connectivity index (χ2v) is 8.84. The van der Waals surface area contributed by atoms with Gasteiger partial charge in [0.2, 0.25) is 6.17 Å². The molecule has 0 saturated carbocycles. The zero-order chi connectivity index (χ0) is 24.1. The number of methoxy groups -OCH3 is 1. The third-order valence-corrected chi connectivity index (χ3v) is 5.91. The van der Waals surface area contributed by atoms with Gasteiger partial charge in [0.25, 0.3) is 0 Å². The lowest BCUT2D eigenvalue weighted by molar-refractivity contribution is -0.142. The molecule has 4 aromatic rings. The molecule has 33 heavy (non-hydrogen) atoms. The van der Waals surface area contributed by atoms with E-state index in [1.54, 1.807) is 29.7 Å². The minimum absolute atomic E-state index is 0.0943. The second-order valence-electron chi connectivity index (χ2n) is 8.84. The second kappa shape index (κ2) is 8.22. The Balaban J connectivity index is 2.20. The molecule has 0 aliphatic heterocycles. The summed E-state index contributed by atoms with van der Waals surface area (Å²) in [6.07, 6.45) is -1.31. The number of rotatable bonds is 7. The predicted molar refractivity (Wildman–Crippen MR) is 119 cm³/mol. The highest BCUT2D eigenvalue weighted by Gasteiger charge is 2.35. The first-order valence-electron chi connectivity index (χ1n) is 10.4. The Morgan fingerprint density at radius 2 is 2.03 bits per heavy atom. The lowest BCUT2D eigenvalue weighted by Crippen LogP contribution is -2.29. The fraction of sp³-hybridized carbons (Fsp3) is 0.333. The van der Waals surface area contributed by atoms with Crippen molar-refractivity contribution in [2.24, 2.45) is 0 Å². The van der Waals surface area contributed by atoms with Crippen molar-refractivity contribution >= 4 is 27.8 Å². The van der Waals surface area contributed by atoms with Crippen molar-refractivity contribution in [2.45, 2.75) is 38.8 Å². The van der Waals surface area contributed by atoms with Gasteiger partial charge in [0.1, 0.15) is 11.3 Å². The summed E-state index contributed by atoms with van der Waals surface area (Å²) >= 11 is 0. The van der Waals surface area contributed by atoms with Gasteiger partial charge in [-0.3, -0.25) is 5.10 Å². The number of ether oxygens (including phenoxy) is 1. The van der Waals surface area contributed by atoms with Crippen LogP contribution in [0.4, 0.5) is 13.2 Å². The summed E-state index contributed by atoms with van der Waals surface area (Å²) in [5.74, 6) is -2.68. The molecule has 0 spiro atoms. The highest BCUT2D eigenvalue weighted by atomic mass is 19.1. The molecule has 0 radical (unpaired) electrons. The van der Waals surface area contributed by atoms with E-state index < -0.39 is 35.6 Å². The number of fused-ring (bicyclic) bond motifs is 2. The van der Waals surface area contributed by atoms with Crippen molar-refractivity contribution in [1.29, 1.82) is 0 Å². The summed E-state index contributed by atoms with van der Waals surface area (Å²) in [7, 11) is 1.52. The number of hydrogen-bond acceptors (Lipinski definition) is 3. The van der Waals surface area contributed by atoms with Crippen LogP contribution < -0.4 is 0 Å². The Morgan fingerprint density at radius 3 is 2.67 bits per heavy atom. The van der Waals surface area contributed by atoms with Crippen LogP contribution in [0, 0.1) is 18.6 Å². The first-order chi connectivity index (χ1) is 15.6. The number of aliphatic carboxylic acids is 1. The summed E-state index contributed by atoms with van der Waals surface area (Å²) in [5.41, 5.74) is 1.40. The Hall–Kier alpha value is -3.33. The Bertz CT molecular complexity index is 1370. The number of nitrogens with zero attached hydrogens (tertiary/aromatic N) is 2. The number of aromatic amines is 1. The van der Waals surface area contributed by atoms with Gasteiger partial charge in [-0.1, -0.05) is 13.8 Å². The van der Waals surface area contributed by atoms with Crippen LogP contribution in [0.3, 0.4) is 0 Å². The van der Waals surface area contributed by atoms with E-state index in [1.165, 1.54) is 19.4 Å². The summed E-state index contributed by atoms with van der Waals surface area (Å²) in [6, 6.07) is 6.19. The number of H-pyrrole nitrogens is 1. The lowest BCUT2D eigenvalue weighted by atomic mass is 9.85. The zero-order valence-electron chi connectivity index (χ0n) is 18.7. The first kappa shape index (κ1) is 22.8. The van der Waals surface area contributed by atoms with Gasteiger partial charge in [-0.15, -0.1) is 0 Å². The van der Waals surface area contributed by atoms with Crippen LogP contribution in [0.15, 0.2) is 30.5 Å². The van der Waals surface area contributed by atoms with Crippen molar-refractivity contribution in [3.05, 3.63) is 58.9 Å². The van der Waals surface area contributed by atoms with Crippen LogP contribution in [0.5, 0.6) is 0 Å². The smallest absolute Gasteiger partial charge is 0.338 e. The van der Waals surface area contributed by atoms with Crippen LogP contribution in [-0.4, -0.2) is 45.7 Å². The standard InChI is InChI=1S/C24H24F3N3O3/c1-12-7-14(5-6-16(12)25)30-18-8-13-10-28-29-21(13)20(27)19(18)15(9-17(26)23(31)32)22(30)24(2,3)11-33-4/h5-8,10,17H,9,11H2,1-4H3,(H,28,29)(H,31,32)/t17-/m1/s1. The molecule has 0 unspecified atom stereocenters. The van der Waals surface area contributed by atoms with Crippen LogP contribution in [-0.2, 0) is 21.4 Å². The molecule has 0 aliphatic carbocycles. The number of carbonyl (C=O) groups is 1. The van der Waals surface area contributed by atoms with Gasteiger partial charge >= 0.3 is 5.97 Å². The minimum atomic E-state index is -2.24. The van der Waals surface area contributed by atoms with E-state index in [0.29, 0.717) is 27.8 Å². The molecule has 2 heterocycles. The molecule has 0 saturated heterocycles. The highest BCUT2D eigenvalue weighted by Crippen LogP contribution is 2.41. The Kier molecular flexibility index (Phi) is 5.69. The third kappa shape index (κ3) is 3.76. The Morgan fingerprint density at radius 1 is 1.30 bits per heavy atom. The topological polar surface area (TPSA) is 80.1 Å². The summed E-state index contributed by atoms with van der Waals surface area (Å²) in [5, 5.41) is 16.4.